The first-order valence-electron chi connectivity index (χ1n) is 7.03. The molecule has 2 aromatic rings. The first-order chi connectivity index (χ1) is 10.3. The van der Waals surface area contributed by atoms with Crippen molar-refractivity contribution in [2.75, 3.05) is 36.5 Å². The molecule has 2 heterocycles. The fourth-order valence-corrected chi connectivity index (χ4v) is 2.47. The molecule has 1 aromatic carbocycles. The quantitative estimate of drug-likeness (QED) is 0.942. The second-order valence-electron chi connectivity index (χ2n) is 4.96. The third kappa shape index (κ3) is 2.92. The monoisotopic (exact) mass is 286 g/mol. The second kappa shape index (κ2) is 6.01. The van der Waals surface area contributed by atoms with Crippen LogP contribution >= 0.6 is 0 Å². The first kappa shape index (κ1) is 13.7. The molecule has 0 spiro atoms. The summed E-state index contributed by atoms with van der Waals surface area (Å²) in [6.07, 6.45) is 1.53. The van der Waals surface area contributed by atoms with E-state index < -0.39 is 0 Å². The number of carbonyl (C=O) groups is 1. The predicted octanol–water partition coefficient (Wildman–Crippen LogP) is 2.68. The number of hydrogen-bond acceptors (Lipinski definition) is 4. The molecule has 0 bridgehead atoms. The molecule has 21 heavy (non-hydrogen) atoms. The molecule has 3 rings (SSSR count). The topological polar surface area (TPSA) is 54.7 Å². The molecule has 1 N–H and O–H groups in total. The number of nitrogens with zero attached hydrogens (tertiary/aromatic N) is 1. The lowest BCUT2D eigenvalue weighted by Gasteiger charge is -2.30. The number of amides is 1. The fourth-order valence-electron chi connectivity index (χ4n) is 2.47. The third-order valence-corrected chi connectivity index (χ3v) is 3.61. The van der Waals surface area contributed by atoms with E-state index >= 15 is 0 Å². The van der Waals surface area contributed by atoms with Crippen molar-refractivity contribution in [1.82, 2.24) is 0 Å². The Morgan fingerprint density at radius 3 is 2.67 bits per heavy atom. The second-order valence-corrected chi connectivity index (χ2v) is 4.96. The van der Waals surface area contributed by atoms with Crippen LogP contribution in [0, 0.1) is 6.92 Å². The third-order valence-electron chi connectivity index (χ3n) is 3.61. The van der Waals surface area contributed by atoms with Gasteiger partial charge in [0.2, 0.25) is 0 Å². The van der Waals surface area contributed by atoms with E-state index in [1.165, 1.54) is 6.26 Å². The van der Waals surface area contributed by atoms with Crippen LogP contribution in [-0.4, -0.2) is 32.2 Å². The molecule has 5 heteroatoms. The smallest absolute Gasteiger partial charge is 0.259 e. The van der Waals surface area contributed by atoms with Gasteiger partial charge in [-0.25, -0.2) is 0 Å². The highest BCUT2D eigenvalue weighted by atomic mass is 16.5. The van der Waals surface area contributed by atoms with Crippen LogP contribution in [-0.2, 0) is 4.74 Å². The van der Waals surface area contributed by atoms with E-state index in [-0.39, 0.29) is 5.91 Å². The van der Waals surface area contributed by atoms with E-state index in [0.717, 1.165) is 24.5 Å². The van der Waals surface area contributed by atoms with E-state index in [2.05, 4.69) is 10.2 Å². The van der Waals surface area contributed by atoms with Gasteiger partial charge in [0.05, 0.1) is 36.4 Å². The summed E-state index contributed by atoms with van der Waals surface area (Å²) in [6, 6.07) is 9.51. The maximum absolute atomic E-state index is 12.3. The number of nitrogens with one attached hydrogen (secondary N) is 1. The summed E-state index contributed by atoms with van der Waals surface area (Å²) in [5.41, 5.74) is 2.40. The summed E-state index contributed by atoms with van der Waals surface area (Å²) in [5, 5.41) is 2.97. The van der Waals surface area contributed by atoms with Crippen molar-refractivity contribution < 1.29 is 13.9 Å². The highest BCUT2D eigenvalue weighted by Gasteiger charge is 2.17. The molecule has 1 amide bonds. The summed E-state index contributed by atoms with van der Waals surface area (Å²) < 4.78 is 10.6. The van der Waals surface area contributed by atoms with Crippen LogP contribution in [0.4, 0.5) is 11.4 Å². The Morgan fingerprint density at radius 1 is 1.19 bits per heavy atom. The van der Waals surface area contributed by atoms with Crippen LogP contribution < -0.4 is 10.2 Å². The normalized spacial score (nSPS) is 15.0. The number of para-hydroxylation sites is 2. The Morgan fingerprint density at radius 2 is 1.95 bits per heavy atom. The van der Waals surface area contributed by atoms with Crippen molar-refractivity contribution in [3.05, 3.63) is 47.9 Å². The molecule has 0 radical (unpaired) electrons. The van der Waals surface area contributed by atoms with Gasteiger partial charge < -0.3 is 19.4 Å². The lowest BCUT2D eigenvalue weighted by Crippen LogP contribution is -2.36. The number of hydrogen-bond donors (Lipinski definition) is 1. The zero-order valence-corrected chi connectivity index (χ0v) is 12.0. The van der Waals surface area contributed by atoms with Crippen molar-refractivity contribution in [3.63, 3.8) is 0 Å². The number of benzene rings is 1. The summed E-state index contributed by atoms with van der Waals surface area (Å²) in [4.78, 5) is 14.5. The van der Waals surface area contributed by atoms with Gasteiger partial charge in [0, 0.05) is 13.1 Å². The van der Waals surface area contributed by atoms with Gasteiger partial charge in [-0.15, -0.1) is 0 Å². The molecule has 0 aliphatic carbocycles. The van der Waals surface area contributed by atoms with Crippen molar-refractivity contribution in [2.45, 2.75) is 6.92 Å². The maximum atomic E-state index is 12.3. The van der Waals surface area contributed by atoms with Crippen LogP contribution in [0.25, 0.3) is 0 Å². The van der Waals surface area contributed by atoms with E-state index in [1.54, 1.807) is 13.0 Å². The van der Waals surface area contributed by atoms with Crippen molar-refractivity contribution in [3.8, 4) is 0 Å². The van der Waals surface area contributed by atoms with Crippen molar-refractivity contribution in [2.24, 2.45) is 0 Å². The molecular weight excluding hydrogens is 268 g/mol. The van der Waals surface area contributed by atoms with Gasteiger partial charge in [0.1, 0.15) is 5.76 Å². The Kier molecular flexibility index (Phi) is 3.92. The zero-order chi connectivity index (χ0) is 14.7. The van der Waals surface area contributed by atoms with Gasteiger partial charge in [-0.3, -0.25) is 4.79 Å². The summed E-state index contributed by atoms with van der Waals surface area (Å²) in [5.74, 6) is 0.471. The van der Waals surface area contributed by atoms with Gasteiger partial charge in [-0.05, 0) is 25.1 Å². The number of ether oxygens (including phenoxy) is 1. The Hall–Kier alpha value is -2.27. The molecule has 0 saturated carbocycles. The molecule has 1 aliphatic rings. The van der Waals surface area contributed by atoms with Gasteiger partial charge in [0.25, 0.3) is 5.91 Å². The Balaban J connectivity index is 1.82. The number of morpholine rings is 1. The maximum Gasteiger partial charge on any atom is 0.259 e. The number of furan rings is 1. The minimum absolute atomic E-state index is 0.151. The molecule has 1 fully saturated rings. The summed E-state index contributed by atoms with van der Waals surface area (Å²) >= 11 is 0. The van der Waals surface area contributed by atoms with Gasteiger partial charge in [-0.2, -0.15) is 0 Å². The van der Waals surface area contributed by atoms with Gasteiger partial charge in [0.15, 0.2) is 0 Å². The molecule has 1 saturated heterocycles. The lowest BCUT2D eigenvalue weighted by molar-refractivity contribution is 0.102. The van der Waals surface area contributed by atoms with E-state index in [9.17, 15) is 4.79 Å². The predicted molar refractivity (Wildman–Crippen MR) is 80.9 cm³/mol. The molecule has 1 aliphatic heterocycles. The molecule has 5 nitrogen and oxygen atoms in total. The Labute approximate surface area is 123 Å². The van der Waals surface area contributed by atoms with Crippen LogP contribution in [0.3, 0.4) is 0 Å². The van der Waals surface area contributed by atoms with E-state index in [0.29, 0.717) is 24.5 Å². The van der Waals surface area contributed by atoms with Gasteiger partial charge >= 0.3 is 0 Å². The molecule has 0 atom stereocenters. The Bertz CT molecular complexity index is 630. The van der Waals surface area contributed by atoms with Crippen LogP contribution in [0.5, 0.6) is 0 Å². The van der Waals surface area contributed by atoms with Crippen LogP contribution in [0.15, 0.2) is 41.0 Å². The van der Waals surface area contributed by atoms with E-state index in [1.807, 2.05) is 24.3 Å². The van der Waals surface area contributed by atoms with Crippen molar-refractivity contribution >= 4 is 17.3 Å². The van der Waals surface area contributed by atoms with Gasteiger partial charge in [-0.1, -0.05) is 12.1 Å². The van der Waals surface area contributed by atoms with E-state index in [4.69, 9.17) is 9.15 Å². The summed E-state index contributed by atoms with van der Waals surface area (Å²) in [6.45, 7) is 4.87. The first-order valence-corrected chi connectivity index (χ1v) is 7.03. The average Bonchev–Trinajstić information content (AvgIpc) is 2.95. The molecule has 110 valence electrons. The highest BCUT2D eigenvalue weighted by Crippen LogP contribution is 2.27. The number of carbonyl (C=O) groups excluding carboxylic acids is 1. The standard InChI is InChI=1S/C16H18N2O3/c1-12-13(6-9-21-12)16(19)17-14-4-2-3-5-15(14)18-7-10-20-11-8-18/h2-6,9H,7-8,10-11H2,1H3,(H,17,19). The van der Waals surface area contributed by atoms with Crippen molar-refractivity contribution in [1.29, 1.82) is 0 Å². The minimum Gasteiger partial charge on any atom is -0.469 e. The molecule has 1 aromatic heterocycles. The fraction of sp³-hybridized carbons (Fsp3) is 0.312. The van der Waals surface area contributed by atoms with Crippen LogP contribution in [0.2, 0.25) is 0 Å². The number of anilines is 2. The number of aryl methyl sites for hydroxylation is 1. The van der Waals surface area contributed by atoms with Crippen LogP contribution in [0.1, 0.15) is 16.1 Å². The lowest BCUT2D eigenvalue weighted by atomic mass is 10.2. The largest absolute Gasteiger partial charge is 0.469 e. The SMILES string of the molecule is Cc1occc1C(=O)Nc1ccccc1N1CCOCC1. The average molecular weight is 286 g/mol. The highest BCUT2D eigenvalue weighted by molar-refractivity contribution is 6.06. The number of rotatable bonds is 3. The summed E-state index contributed by atoms with van der Waals surface area (Å²) in [7, 11) is 0. The minimum atomic E-state index is -0.151. The molecular formula is C16H18N2O3. The zero-order valence-electron chi connectivity index (χ0n) is 12.0. The molecule has 0 unspecified atom stereocenters.